The molecule has 0 radical (unpaired) electrons. The number of rotatable bonds is 3. The van der Waals surface area contributed by atoms with E-state index in [1.165, 1.54) is 36.5 Å². The van der Waals surface area contributed by atoms with E-state index in [0.717, 1.165) is 0 Å². The van der Waals surface area contributed by atoms with E-state index in [1.807, 2.05) is 0 Å². The average Bonchev–Trinajstić information content (AvgIpc) is 2.67. The third-order valence-electron chi connectivity index (χ3n) is 3.13. The van der Waals surface area contributed by atoms with Gasteiger partial charge in [0.15, 0.2) is 0 Å². The van der Waals surface area contributed by atoms with Crippen LogP contribution >= 0.6 is 0 Å². The summed E-state index contributed by atoms with van der Waals surface area (Å²) in [5.41, 5.74) is 1.12. The minimum Gasteiger partial charge on any atom is -0.256 e. The third kappa shape index (κ3) is 3.19. The van der Waals surface area contributed by atoms with Gasteiger partial charge < -0.3 is 0 Å². The number of aryl methyl sites for hydroxylation is 2. The molecule has 0 amide bonds. The van der Waals surface area contributed by atoms with Crippen LogP contribution in [0.1, 0.15) is 33.2 Å². The molecule has 0 bridgehead atoms. The predicted molar refractivity (Wildman–Crippen MR) is 88.4 cm³/mol. The second-order valence-corrected chi connectivity index (χ2v) is 4.68. The van der Waals surface area contributed by atoms with Crippen molar-refractivity contribution in [3.63, 3.8) is 0 Å². The first-order valence-electron chi connectivity index (χ1n) is 10.6. The molecule has 21 heavy (non-hydrogen) atoms. The quantitative estimate of drug-likeness (QED) is 0.661. The molecule has 104 valence electrons. The first-order valence-corrected chi connectivity index (χ1v) is 6.58. The summed E-state index contributed by atoms with van der Waals surface area (Å²) >= 11 is 0. The van der Waals surface area contributed by atoms with Crippen LogP contribution in [0, 0.1) is 13.7 Å². The molecule has 3 aromatic rings. The van der Waals surface area contributed by atoms with Crippen molar-refractivity contribution in [2.45, 2.75) is 20.1 Å². The van der Waals surface area contributed by atoms with Crippen LogP contribution in [0.3, 0.4) is 0 Å². The molecule has 0 saturated carbocycles. The highest BCUT2D eigenvalue weighted by Crippen LogP contribution is 2.23. The van der Waals surface area contributed by atoms with E-state index < -0.39 is 20.1 Å². The summed E-state index contributed by atoms with van der Waals surface area (Å²) in [5, 5.41) is 0. The second-order valence-electron chi connectivity index (χ2n) is 4.68. The zero-order chi connectivity index (χ0) is 21.4. The molecule has 3 rings (SSSR count). The third-order valence-corrected chi connectivity index (χ3v) is 3.13. The smallest absolute Gasteiger partial charge is 0.0704 e. The van der Waals surface area contributed by atoms with Gasteiger partial charge in [-0.15, -0.1) is 0 Å². The Labute approximate surface area is 137 Å². The van der Waals surface area contributed by atoms with Crippen molar-refractivity contribution in [2.24, 2.45) is 0 Å². The van der Waals surface area contributed by atoms with E-state index >= 15 is 0 Å². The van der Waals surface area contributed by atoms with Gasteiger partial charge in [0.2, 0.25) is 0 Å². The number of hydrogen-bond acceptors (Lipinski definition) is 1. The molecule has 0 aliphatic carbocycles. The summed E-state index contributed by atoms with van der Waals surface area (Å²) in [6, 6.07) is 15.5. The Morgan fingerprint density at radius 2 is 1.90 bits per heavy atom. The van der Waals surface area contributed by atoms with Crippen LogP contribution < -0.4 is 0 Å². The average molecular weight is 281 g/mol. The fourth-order valence-corrected chi connectivity index (χ4v) is 2.07. The maximum Gasteiger partial charge on any atom is 0.0704 e. The number of benzene rings is 2. The molecule has 2 aromatic carbocycles. The summed E-state index contributed by atoms with van der Waals surface area (Å²) < 4.78 is 63.5. The van der Waals surface area contributed by atoms with Gasteiger partial charge in [0.05, 0.1) is 5.69 Å². The van der Waals surface area contributed by atoms with Gasteiger partial charge >= 0.3 is 0 Å². The summed E-state index contributed by atoms with van der Waals surface area (Å²) in [6.07, 6.45) is -0.692. The first kappa shape index (κ1) is 7.04. The lowest BCUT2D eigenvalue weighted by Crippen LogP contribution is -1.93. The van der Waals surface area contributed by atoms with Crippen LogP contribution in [-0.2, 0) is 6.37 Å². The van der Waals surface area contributed by atoms with Gasteiger partial charge in [-0.2, -0.15) is 0 Å². The molecule has 1 nitrogen and oxygen atoms in total. The van der Waals surface area contributed by atoms with Crippen LogP contribution in [0.2, 0.25) is 0 Å². The van der Waals surface area contributed by atoms with Crippen molar-refractivity contribution in [1.29, 1.82) is 0 Å². The van der Waals surface area contributed by atoms with E-state index in [2.05, 4.69) is 4.98 Å². The van der Waals surface area contributed by atoms with Crippen molar-refractivity contribution in [1.82, 2.24) is 4.98 Å². The minimum absolute atomic E-state index is 0.00212. The van der Waals surface area contributed by atoms with Crippen LogP contribution in [0.5, 0.6) is 0 Å². The SMILES string of the molecule is [2H]C([2H])([2H])c1ccnc(-c2ccc(C([2H])([2H])[2H])c(C([2H])([2H])c3ccccc3)c2)c1. The normalized spacial score (nSPS) is 18.1. The van der Waals surface area contributed by atoms with Crippen molar-refractivity contribution in [3.8, 4) is 11.3 Å². The molecular formula is C20H19N. The summed E-state index contributed by atoms with van der Waals surface area (Å²) in [4.78, 5) is 4.20. The second kappa shape index (κ2) is 5.92. The number of hydrogen-bond donors (Lipinski definition) is 0. The van der Waals surface area contributed by atoms with Crippen LogP contribution in [0.4, 0.5) is 0 Å². The number of aromatic nitrogens is 1. The fraction of sp³-hybridized carbons (Fsp3) is 0.150. The number of nitrogens with zero attached hydrogens (tertiary/aromatic N) is 1. The Morgan fingerprint density at radius 3 is 2.71 bits per heavy atom. The molecule has 0 spiro atoms. The minimum atomic E-state index is -2.51. The van der Waals surface area contributed by atoms with Crippen LogP contribution in [0.25, 0.3) is 11.3 Å². The monoisotopic (exact) mass is 281 g/mol. The lowest BCUT2D eigenvalue weighted by atomic mass is 9.97. The highest BCUT2D eigenvalue weighted by Gasteiger charge is 2.05. The molecule has 0 atom stereocenters. The number of pyridine rings is 1. The van der Waals surface area contributed by atoms with E-state index in [0.29, 0.717) is 16.8 Å². The standard InChI is InChI=1S/C20H19N/c1-15-10-11-21-20(12-15)18-9-8-16(2)19(14-18)13-17-6-4-3-5-7-17/h3-12,14H,13H2,1-2H3/i1D3,2D3,13D2. The Morgan fingerprint density at radius 1 is 1.00 bits per heavy atom. The molecule has 0 unspecified atom stereocenters. The van der Waals surface area contributed by atoms with Gasteiger partial charge in [-0.25, -0.2) is 0 Å². The Hall–Kier alpha value is -2.41. The zero-order valence-corrected chi connectivity index (χ0v) is 11.3. The van der Waals surface area contributed by atoms with E-state index in [9.17, 15) is 0 Å². The zero-order valence-electron chi connectivity index (χ0n) is 19.3. The fourth-order valence-electron chi connectivity index (χ4n) is 2.07. The maximum atomic E-state index is 8.64. The van der Waals surface area contributed by atoms with Crippen molar-refractivity contribution < 1.29 is 11.0 Å². The van der Waals surface area contributed by atoms with E-state index in [1.54, 1.807) is 30.3 Å². The highest BCUT2D eigenvalue weighted by atomic mass is 14.7. The molecule has 1 heterocycles. The van der Waals surface area contributed by atoms with Crippen LogP contribution in [-0.4, -0.2) is 4.98 Å². The van der Waals surface area contributed by atoms with E-state index in [-0.39, 0.29) is 16.7 Å². The van der Waals surface area contributed by atoms with Gasteiger partial charge in [-0.05, 0) is 60.5 Å². The summed E-state index contributed by atoms with van der Waals surface area (Å²) in [7, 11) is 0. The molecule has 1 heteroatoms. The molecular weight excluding hydrogens is 254 g/mol. The van der Waals surface area contributed by atoms with Crippen molar-refractivity contribution in [2.75, 3.05) is 0 Å². The molecule has 0 saturated heterocycles. The van der Waals surface area contributed by atoms with Gasteiger partial charge in [0, 0.05) is 22.7 Å². The van der Waals surface area contributed by atoms with Crippen LogP contribution in [0.15, 0.2) is 66.9 Å². The Bertz CT molecular complexity index is 1010. The topological polar surface area (TPSA) is 12.9 Å². The molecule has 0 aliphatic heterocycles. The highest BCUT2D eigenvalue weighted by molar-refractivity contribution is 5.61. The van der Waals surface area contributed by atoms with Gasteiger partial charge in [-0.1, -0.05) is 42.5 Å². The summed E-state index contributed by atoms with van der Waals surface area (Å²) in [5.74, 6) is 0. The van der Waals surface area contributed by atoms with Gasteiger partial charge in [-0.3, -0.25) is 4.98 Å². The van der Waals surface area contributed by atoms with Crippen molar-refractivity contribution >= 4 is 0 Å². The molecule has 0 fully saturated rings. The molecule has 0 N–H and O–H groups in total. The van der Waals surface area contributed by atoms with Gasteiger partial charge in [0.25, 0.3) is 0 Å². The predicted octanol–water partition coefficient (Wildman–Crippen LogP) is 4.96. The van der Waals surface area contributed by atoms with Gasteiger partial charge in [0.1, 0.15) is 0 Å². The Balaban J connectivity index is 2.20. The van der Waals surface area contributed by atoms with Crippen molar-refractivity contribution in [3.05, 3.63) is 89.1 Å². The largest absolute Gasteiger partial charge is 0.256 e. The first-order chi connectivity index (χ1) is 13.4. The molecule has 1 aromatic heterocycles. The molecule has 0 aliphatic rings. The van der Waals surface area contributed by atoms with E-state index in [4.69, 9.17) is 11.0 Å². The lowest BCUT2D eigenvalue weighted by Gasteiger charge is -2.09. The lowest BCUT2D eigenvalue weighted by molar-refractivity contribution is 1.15. The summed E-state index contributed by atoms with van der Waals surface area (Å²) in [6.45, 7) is -4.82. The maximum absolute atomic E-state index is 8.64. The Kier molecular flexibility index (Phi) is 1.98.